The molecule has 1 aromatic carbocycles. The Kier molecular flexibility index (Phi) is 5.43. The Morgan fingerprint density at radius 3 is 2.93 bits per heavy atom. The summed E-state index contributed by atoms with van der Waals surface area (Å²) in [5.74, 6) is 1.86. The zero-order valence-electron chi connectivity index (χ0n) is 8.67. The summed E-state index contributed by atoms with van der Waals surface area (Å²) in [7, 11) is 0. The second-order valence-corrected chi connectivity index (χ2v) is 4.98. The summed E-state index contributed by atoms with van der Waals surface area (Å²) in [6, 6.07) is 4.91. The van der Waals surface area contributed by atoms with Gasteiger partial charge >= 0.3 is 0 Å². The van der Waals surface area contributed by atoms with Crippen molar-refractivity contribution in [2.45, 2.75) is 12.7 Å². The first-order chi connectivity index (χ1) is 7.15. The van der Waals surface area contributed by atoms with Crippen molar-refractivity contribution in [2.24, 2.45) is 11.7 Å². The van der Waals surface area contributed by atoms with Gasteiger partial charge in [0.2, 0.25) is 0 Å². The van der Waals surface area contributed by atoms with E-state index >= 15 is 0 Å². The molecule has 1 nitrogen and oxygen atoms in total. The lowest BCUT2D eigenvalue weighted by Gasteiger charge is -2.08. The molecular weight excluding hydrogens is 233 g/mol. The van der Waals surface area contributed by atoms with E-state index in [-0.39, 0.29) is 10.8 Å². The average molecular weight is 248 g/mol. The monoisotopic (exact) mass is 247 g/mol. The Morgan fingerprint density at radius 2 is 2.27 bits per heavy atom. The van der Waals surface area contributed by atoms with Crippen LogP contribution in [-0.2, 0) is 5.75 Å². The fourth-order valence-electron chi connectivity index (χ4n) is 1.10. The Balaban J connectivity index is 2.47. The van der Waals surface area contributed by atoms with Crippen molar-refractivity contribution in [1.82, 2.24) is 0 Å². The molecule has 0 bridgehead atoms. The van der Waals surface area contributed by atoms with Gasteiger partial charge in [-0.1, -0.05) is 30.7 Å². The second kappa shape index (κ2) is 6.36. The molecule has 0 aliphatic rings. The van der Waals surface area contributed by atoms with Gasteiger partial charge in [0.1, 0.15) is 5.82 Å². The minimum Gasteiger partial charge on any atom is -0.330 e. The highest BCUT2D eigenvalue weighted by atomic mass is 35.5. The molecule has 0 amide bonds. The standard InChI is InChI=1S/C11H15ClFNS/c1-8(5-14)6-15-7-9-3-2-4-10(13)11(9)12/h2-4,8H,5-7,14H2,1H3. The molecule has 1 atom stereocenters. The summed E-state index contributed by atoms with van der Waals surface area (Å²) >= 11 is 7.56. The Morgan fingerprint density at radius 1 is 1.53 bits per heavy atom. The van der Waals surface area contributed by atoms with E-state index in [0.29, 0.717) is 12.5 Å². The minimum absolute atomic E-state index is 0.241. The van der Waals surface area contributed by atoms with Gasteiger partial charge in [0.15, 0.2) is 0 Å². The Hall–Kier alpha value is -0.250. The molecule has 0 aliphatic heterocycles. The van der Waals surface area contributed by atoms with Crippen LogP contribution in [0.25, 0.3) is 0 Å². The topological polar surface area (TPSA) is 26.0 Å². The molecule has 0 fully saturated rings. The molecule has 0 aromatic heterocycles. The van der Waals surface area contributed by atoms with E-state index in [2.05, 4.69) is 6.92 Å². The third kappa shape index (κ3) is 4.01. The average Bonchev–Trinajstić information content (AvgIpc) is 2.24. The normalized spacial score (nSPS) is 12.8. The van der Waals surface area contributed by atoms with Gasteiger partial charge in [0.05, 0.1) is 5.02 Å². The molecule has 0 saturated heterocycles. The van der Waals surface area contributed by atoms with Crippen LogP contribution in [0.5, 0.6) is 0 Å². The Bertz CT molecular complexity index is 319. The third-order valence-corrected chi connectivity index (χ3v) is 3.84. The maximum atomic E-state index is 13.1. The van der Waals surface area contributed by atoms with Crippen LogP contribution in [0, 0.1) is 11.7 Å². The van der Waals surface area contributed by atoms with Crippen molar-refractivity contribution in [2.75, 3.05) is 12.3 Å². The number of hydrogen-bond donors (Lipinski definition) is 1. The van der Waals surface area contributed by atoms with Crippen molar-refractivity contribution in [3.8, 4) is 0 Å². The number of nitrogens with two attached hydrogens (primary N) is 1. The van der Waals surface area contributed by atoms with Crippen molar-refractivity contribution in [3.05, 3.63) is 34.6 Å². The maximum Gasteiger partial charge on any atom is 0.142 e. The van der Waals surface area contributed by atoms with Crippen molar-refractivity contribution < 1.29 is 4.39 Å². The van der Waals surface area contributed by atoms with E-state index in [1.165, 1.54) is 6.07 Å². The van der Waals surface area contributed by atoms with Gasteiger partial charge in [0, 0.05) is 5.75 Å². The van der Waals surface area contributed by atoms with Crippen molar-refractivity contribution in [1.29, 1.82) is 0 Å². The van der Waals surface area contributed by atoms with Gasteiger partial charge < -0.3 is 5.73 Å². The number of thioether (sulfide) groups is 1. The van der Waals surface area contributed by atoms with E-state index in [1.807, 2.05) is 6.07 Å². The summed E-state index contributed by atoms with van der Waals surface area (Å²) in [4.78, 5) is 0. The van der Waals surface area contributed by atoms with Crippen LogP contribution in [-0.4, -0.2) is 12.3 Å². The predicted molar refractivity (Wildman–Crippen MR) is 65.8 cm³/mol. The summed E-state index contributed by atoms with van der Waals surface area (Å²) in [6.07, 6.45) is 0. The second-order valence-electron chi connectivity index (χ2n) is 3.57. The number of benzene rings is 1. The number of rotatable bonds is 5. The predicted octanol–water partition coefficient (Wildman–Crippen LogP) is 3.31. The lowest BCUT2D eigenvalue weighted by Crippen LogP contribution is -2.12. The SMILES string of the molecule is CC(CN)CSCc1cccc(F)c1Cl. The maximum absolute atomic E-state index is 13.1. The quantitative estimate of drug-likeness (QED) is 0.864. The fourth-order valence-corrected chi connectivity index (χ4v) is 2.49. The van der Waals surface area contributed by atoms with Gasteiger partial charge in [0.25, 0.3) is 0 Å². The molecule has 0 spiro atoms. The highest BCUT2D eigenvalue weighted by Gasteiger charge is 2.06. The molecule has 0 heterocycles. The van der Waals surface area contributed by atoms with Crippen LogP contribution in [0.15, 0.2) is 18.2 Å². The first-order valence-electron chi connectivity index (χ1n) is 4.85. The van der Waals surface area contributed by atoms with Gasteiger partial charge in [-0.2, -0.15) is 11.8 Å². The molecule has 4 heteroatoms. The summed E-state index contributed by atoms with van der Waals surface area (Å²) in [6.45, 7) is 2.78. The molecule has 1 aromatic rings. The summed E-state index contributed by atoms with van der Waals surface area (Å²) in [5, 5.41) is 0.241. The highest BCUT2D eigenvalue weighted by Crippen LogP contribution is 2.24. The zero-order chi connectivity index (χ0) is 11.3. The van der Waals surface area contributed by atoms with Gasteiger partial charge in [-0.3, -0.25) is 0 Å². The van der Waals surface area contributed by atoms with E-state index in [9.17, 15) is 4.39 Å². The fraction of sp³-hybridized carbons (Fsp3) is 0.455. The van der Waals surface area contributed by atoms with Crippen LogP contribution in [0.1, 0.15) is 12.5 Å². The zero-order valence-corrected chi connectivity index (χ0v) is 10.2. The van der Waals surface area contributed by atoms with Crippen LogP contribution in [0.2, 0.25) is 5.02 Å². The number of hydrogen-bond acceptors (Lipinski definition) is 2. The van der Waals surface area contributed by atoms with Gasteiger partial charge in [-0.05, 0) is 29.8 Å². The highest BCUT2D eigenvalue weighted by molar-refractivity contribution is 7.98. The molecule has 1 rings (SSSR count). The lowest BCUT2D eigenvalue weighted by atomic mass is 10.2. The molecular formula is C11H15ClFNS. The lowest BCUT2D eigenvalue weighted by molar-refractivity contribution is 0.627. The van der Waals surface area contributed by atoms with Gasteiger partial charge in [-0.25, -0.2) is 4.39 Å². The first-order valence-corrected chi connectivity index (χ1v) is 6.39. The molecule has 1 unspecified atom stereocenters. The van der Waals surface area contributed by atoms with E-state index in [4.69, 9.17) is 17.3 Å². The third-order valence-electron chi connectivity index (χ3n) is 2.09. The molecule has 84 valence electrons. The molecule has 0 saturated carbocycles. The van der Waals surface area contributed by atoms with Crippen LogP contribution < -0.4 is 5.73 Å². The number of halogens is 2. The van der Waals surface area contributed by atoms with Crippen molar-refractivity contribution in [3.63, 3.8) is 0 Å². The Labute approximate surface area is 99.2 Å². The van der Waals surface area contributed by atoms with E-state index < -0.39 is 0 Å². The summed E-state index contributed by atoms with van der Waals surface area (Å²) < 4.78 is 13.1. The van der Waals surface area contributed by atoms with Crippen LogP contribution >= 0.6 is 23.4 Å². The minimum atomic E-state index is -0.346. The first kappa shape index (κ1) is 12.8. The van der Waals surface area contributed by atoms with E-state index in [0.717, 1.165) is 17.1 Å². The molecule has 2 N–H and O–H groups in total. The van der Waals surface area contributed by atoms with Crippen molar-refractivity contribution >= 4 is 23.4 Å². The van der Waals surface area contributed by atoms with E-state index in [1.54, 1.807) is 17.8 Å². The van der Waals surface area contributed by atoms with Crippen LogP contribution in [0.3, 0.4) is 0 Å². The smallest absolute Gasteiger partial charge is 0.142 e. The molecule has 0 radical (unpaired) electrons. The van der Waals surface area contributed by atoms with Crippen LogP contribution in [0.4, 0.5) is 4.39 Å². The largest absolute Gasteiger partial charge is 0.330 e. The summed E-state index contributed by atoms with van der Waals surface area (Å²) in [5.41, 5.74) is 6.36. The molecule has 15 heavy (non-hydrogen) atoms. The molecule has 0 aliphatic carbocycles. The van der Waals surface area contributed by atoms with Gasteiger partial charge in [-0.15, -0.1) is 0 Å².